The quantitative estimate of drug-likeness (QED) is 0.754. The molecule has 1 spiro atoms. The molecule has 1 aromatic rings. The lowest BCUT2D eigenvalue weighted by molar-refractivity contribution is -0.146. The Labute approximate surface area is 161 Å². The summed E-state index contributed by atoms with van der Waals surface area (Å²) in [7, 11) is 1.92. The molecular weight excluding hydrogens is 352 g/mol. The van der Waals surface area contributed by atoms with E-state index in [0.717, 1.165) is 44.3 Å². The highest BCUT2D eigenvalue weighted by atomic mass is 35.5. The van der Waals surface area contributed by atoms with Gasteiger partial charge in [-0.05, 0) is 63.8 Å². The molecule has 0 aliphatic carbocycles. The number of carbonyl (C=O) groups excluding carboxylic acids is 1. The molecule has 0 saturated carbocycles. The largest absolute Gasteiger partial charge is 0.490 e. The molecule has 2 aliphatic rings. The van der Waals surface area contributed by atoms with Crippen LogP contribution in [0.2, 0.25) is 5.02 Å². The van der Waals surface area contributed by atoms with Crippen molar-refractivity contribution in [1.82, 2.24) is 9.80 Å². The second-order valence-corrected chi connectivity index (χ2v) is 7.57. The van der Waals surface area contributed by atoms with Gasteiger partial charge in [-0.2, -0.15) is 0 Å². The lowest BCUT2D eigenvalue weighted by Gasteiger charge is -2.43. The molecule has 2 saturated heterocycles. The minimum absolute atomic E-state index is 0.267. The molecule has 144 valence electrons. The van der Waals surface area contributed by atoms with E-state index in [2.05, 4.69) is 4.90 Å². The molecule has 2 heterocycles. The first-order valence-electron chi connectivity index (χ1n) is 9.60. The first-order valence-corrected chi connectivity index (χ1v) is 9.98. The van der Waals surface area contributed by atoms with Gasteiger partial charge in [0.05, 0.1) is 18.2 Å². The lowest BCUT2D eigenvalue weighted by atomic mass is 9.85. The lowest BCUT2D eigenvalue weighted by Crippen LogP contribution is -2.58. The van der Waals surface area contributed by atoms with Crippen molar-refractivity contribution in [1.29, 1.82) is 0 Å². The number of rotatable bonds is 6. The van der Waals surface area contributed by atoms with Gasteiger partial charge >= 0.3 is 0 Å². The van der Waals surface area contributed by atoms with Crippen LogP contribution in [-0.2, 0) is 11.3 Å². The fourth-order valence-electron chi connectivity index (χ4n) is 4.34. The maximum absolute atomic E-state index is 12.9. The predicted octanol–water partition coefficient (Wildman–Crippen LogP) is 3.72. The van der Waals surface area contributed by atoms with Crippen LogP contribution in [0.3, 0.4) is 0 Å². The van der Waals surface area contributed by atoms with Crippen molar-refractivity contribution in [2.24, 2.45) is 0 Å². The van der Waals surface area contributed by atoms with Crippen molar-refractivity contribution in [3.8, 4) is 11.5 Å². The standard InChI is InChI=1S/C20H29ClN2O3/c1-4-25-17-13-15(12-16(21)18(17)26-5-2)14-23-11-7-9-20(23)8-6-10-22(3)19(20)24/h12-13H,4-11,14H2,1-3H3. The van der Waals surface area contributed by atoms with E-state index in [1.54, 1.807) is 0 Å². The van der Waals surface area contributed by atoms with E-state index in [9.17, 15) is 4.79 Å². The SMILES string of the molecule is CCOc1cc(CN2CCCC23CCCN(C)C3=O)cc(Cl)c1OCC. The van der Waals surface area contributed by atoms with Crippen LogP contribution in [0.25, 0.3) is 0 Å². The van der Waals surface area contributed by atoms with Crippen LogP contribution in [-0.4, -0.2) is 54.6 Å². The summed E-state index contributed by atoms with van der Waals surface area (Å²) < 4.78 is 11.4. The van der Waals surface area contributed by atoms with Crippen LogP contribution in [0.15, 0.2) is 12.1 Å². The Balaban J connectivity index is 1.87. The molecule has 2 fully saturated rings. The molecule has 0 aromatic heterocycles. The summed E-state index contributed by atoms with van der Waals surface area (Å²) in [4.78, 5) is 17.2. The first-order chi connectivity index (χ1) is 12.5. The Morgan fingerprint density at radius 1 is 1.12 bits per heavy atom. The smallest absolute Gasteiger partial charge is 0.242 e. The Hall–Kier alpha value is -1.46. The van der Waals surface area contributed by atoms with E-state index < -0.39 is 0 Å². The van der Waals surface area contributed by atoms with Gasteiger partial charge in [-0.15, -0.1) is 0 Å². The number of halogens is 1. The Morgan fingerprint density at radius 3 is 2.50 bits per heavy atom. The maximum Gasteiger partial charge on any atom is 0.242 e. The van der Waals surface area contributed by atoms with Crippen LogP contribution in [0.5, 0.6) is 11.5 Å². The summed E-state index contributed by atoms with van der Waals surface area (Å²) in [6.45, 7) is 7.46. The summed E-state index contributed by atoms with van der Waals surface area (Å²) >= 11 is 6.46. The van der Waals surface area contributed by atoms with Crippen molar-refractivity contribution in [3.63, 3.8) is 0 Å². The van der Waals surface area contributed by atoms with E-state index in [4.69, 9.17) is 21.1 Å². The molecule has 1 aromatic carbocycles. The number of hydrogen-bond acceptors (Lipinski definition) is 4. The summed E-state index contributed by atoms with van der Waals surface area (Å²) in [5, 5.41) is 0.563. The number of carbonyl (C=O) groups is 1. The van der Waals surface area contributed by atoms with Crippen LogP contribution >= 0.6 is 11.6 Å². The zero-order valence-corrected chi connectivity index (χ0v) is 16.8. The molecular formula is C20H29ClN2O3. The van der Waals surface area contributed by atoms with Gasteiger partial charge in [0.1, 0.15) is 5.54 Å². The Kier molecular flexibility index (Phi) is 5.98. The monoisotopic (exact) mass is 380 g/mol. The zero-order chi connectivity index (χ0) is 18.7. The molecule has 0 radical (unpaired) electrons. The molecule has 1 amide bonds. The van der Waals surface area contributed by atoms with Crippen LogP contribution in [0.1, 0.15) is 45.1 Å². The second kappa shape index (κ2) is 8.05. The number of nitrogens with zero attached hydrogens (tertiary/aromatic N) is 2. The van der Waals surface area contributed by atoms with Gasteiger partial charge in [-0.1, -0.05) is 11.6 Å². The fraction of sp³-hybridized carbons (Fsp3) is 0.650. The minimum Gasteiger partial charge on any atom is -0.490 e. The summed E-state index contributed by atoms with van der Waals surface area (Å²) in [6, 6.07) is 3.95. The third kappa shape index (κ3) is 3.52. The third-order valence-electron chi connectivity index (χ3n) is 5.48. The molecule has 5 nitrogen and oxygen atoms in total. The Morgan fingerprint density at radius 2 is 1.81 bits per heavy atom. The van der Waals surface area contributed by atoms with Gasteiger partial charge in [-0.3, -0.25) is 9.69 Å². The summed E-state index contributed by atoms with van der Waals surface area (Å²) in [5.74, 6) is 1.55. The van der Waals surface area contributed by atoms with Gasteiger partial charge in [0.15, 0.2) is 11.5 Å². The highest BCUT2D eigenvalue weighted by molar-refractivity contribution is 6.32. The van der Waals surface area contributed by atoms with Crippen molar-refractivity contribution < 1.29 is 14.3 Å². The van der Waals surface area contributed by atoms with E-state index >= 15 is 0 Å². The number of benzene rings is 1. The number of piperidine rings is 1. The molecule has 6 heteroatoms. The predicted molar refractivity (Wildman–Crippen MR) is 103 cm³/mol. The summed E-state index contributed by atoms with van der Waals surface area (Å²) in [5.41, 5.74) is 0.716. The van der Waals surface area contributed by atoms with Crippen LogP contribution < -0.4 is 9.47 Å². The molecule has 1 unspecified atom stereocenters. The van der Waals surface area contributed by atoms with E-state index in [0.29, 0.717) is 36.3 Å². The molecule has 3 rings (SSSR count). The molecule has 2 aliphatic heterocycles. The Bertz CT molecular complexity index is 667. The van der Waals surface area contributed by atoms with Crippen molar-refractivity contribution in [3.05, 3.63) is 22.7 Å². The highest BCUT2D eigenvalue weighted by Gasteiger charge is 2.49. The summed E-state index contributed by atoms with van der Waals surface area (Å²) in [6.07, 6.45) is 4.01. The van der Waals surface area contributed by atoms with E-state index in [-0.39, 0.29) is 11.4 Å². The first kappa shape index (κ1) is 19.3. The van der Waals surface area contributed by atoms with E-state index in [1.807, 2.05) is 37.9 Å². The number of likely N-dealkylation sites (tertiary alicyclic amines) is 2. The van der Waals surface area contributed by atoms with Crippen molar-refractivity contribution in [2.45, 2.75) is 51.6 Å². The maximum atomic E-state index is 12.9. The number of amides is 1. The average molecular weight is 381 g/mol. The van der Waals surface area contributed by atoms with Gasteiger partial charge in [-0.25, -0.2) is 0 Å². The molecule has 26 heavy (non-hydrogen) atoms. The van der Waals surface area contributed by atoms with Gasteiger partial charge in [0.2, 0.25) is 5.91 Å². The average Bonchev–Trinajstić information content (AvgIpc) is 2.99. The zero-order valence-electron chi connectivity index (χ0n) is 16.0. The number of likely N-dealkylation sites (N-methyl/N-ethyl adjacent to an activating group) is 1. The topological polar surface area (TPSA) is 42.0 Å². The van der Waals surface area contributed by atoms with Crippen molar-refractivity contribution >= 4 is 17.5 Å². The molecule has 0 N–H and O–H groups in total. The molecule has 1 atom stereocenters. The van der Waals surface area contributed by atoms with Gasteiger partial charge in [0.25, 0.3) is 0 Å². The minimum atomic E-state index is -0.343. The van der Waals surface area contributed by atoms with E-state index in [1.165, 1.54) is 0 Å². The fourth-order valence-corrected chi connectivity index (χ4v) is 4.63. The van der Waals surface area contributed by atoms with Crippen LogP contribution in [0.4, 0.5) is 0 Å². The normalized spacial score (nSPS) is 23.7. The third-order valence-corrected chi connectivity index (χ3v) is 5.76. The highest BCUT2D eigenvalue weighted by Crippen LogP contribution is 2.41. The second-order valence-electron chi connectivity index (χ2n) is 7.16. The molecule has 0 bridgehead atoms. The van der Waals surface area contributed by atoms with Crippen LogP contribution in [0, 0.1) is 0 Å². The number of hydrogen-bond donors (Lipinski definition) is 0. The number of ether oxygens (including phenoxy) is 2. The van der Waals surface area contributed by atoms with Gasteiger partial charge in [0, 0.05) is 20.1 Å². The van der Waals surface area contributed by atoms with Crippen molar-refractivity contribution in [2.75, 3.05) is 33.4 Å². The van der Waals surface area contributed by atoms with Gasteiger partial charge < -0.3 is 14.4 Å².